The lowest BCUT2D eigenvalue weighted by molar-refractivity contribution is -0.117. The van der Waals surface area contributed by atoms with Crippen LogP contribution in [0.4, 0.5) is 0 Å². The molecule has 1 N–H and O–H groups in total. The molecule has 0 aliphatic carbocycles. The number of ether oxygens (including phenoxy) is 1. The van der Waals surface area contributed by atoms with E-state index >= 15 is 0 Å². The standard InChI is InChI=1S/C10H15NO3/c1-13-5-3-11-7-10(12)6-9-2-4-14-8-9/h2,4,8,11H,3,5-7H2,1H3. The molecule has 0 aliphatic rings. The summed E-state index contributed by atoms with van der Waals surface area (Å²) >= 11 is 0. The molecule has 0 atom stereocenters. The molecular formula is C10H15NO3. The van der Waals surface area contributed by atoms with Gasteiger partial charge in [0.05, 0.1) is 25.7 Å². The van der Waals surface area contributed by atoms with Crippen LogP contribution in [0.25, 0.3) is 0 Å². The summed E-state index contributed by atoms with van der Waals surface area (Å²) in [5.41, 5.74) is 0.920. The molecule has 4 heteroatoms. The van der Waals surface area contributed by atoms with Crippen molar-refractivity contribution >= 4 is 5.78 Å². The average Bonchev–Trinajstić information content (AvgIpc) is 2.65. The summed E-state index contributed by atoms with van der Waals surface area (Å²) in [5, 5.41) is 2.99. The molecule has 0 saturated carbocycles. The predicted molar refractivity (Wildman–Crippen MR) is 52.2 cm³/mol. The van der Waals surface area contributed by atoms with Crippen LogP contribution in [0.3, 0.4) is 0 Å². The van der Waals surface area contributed by atoms with Crippen molar-refractivity contribution in [2.45, 2.75) is 6.42 Å². The fourth-order valence-corrected chi connectivity index (χ4v) is 1.09. The molecule has 0 aliphatic heterocycles. The molecule has 4 nitrogen and oxygen atoms in total. The van der Waals surface area contributed by atoms with E-state index in [1.807, 2.05) is 0 Å². The zero-order valence-corrected chi connectivity index (χ0v) is 8.29. The van der Waals surface area contributed by atoms with Gasteiger partial charge in [0, 0.05) is 20.1 Å². The normalized spacial score (nSPS) is 10.4. The van der Waals surface area contributed by atoms with E-state index in [1.165, 1.54) is 0 Å². The van der Waals surface area contributed by atoms with Gasteiger partial charge in [-0.1, -0.05) is 0 Å². The number of furan rings is 1. The van der Waals surface area contributed by atoms with Crippen molar-refractivity contribution in [1.29, 1.82) is 0 Å². The Labute approximate surface area is 83.2 Å². The van der Waals surface area contributed by atoms with E-state index in [-0.39, 0.29) is 5.78 Å². The van der Waals surface area contributed by atoms with Gasteiger partial charge in [0.2, 0.25) is 0 Å². The van der Waals surface area contributed by atoms with Crippen molar-refractivity contribution in [3.8, 4) is 0 Å². The fourth-order valence-electron chi connectivity index (χ4n) is 1.09. The SMILES string of the molecule is COCCNCC(=O)Cc1ccoc1. The number of nitrogens with one attached hydrogen (secondary N) is 1. The highest BCUT2D eigenvalue weighted by Gasteiger charge is 2.03. The largest absolute Gasteiger partial charge is 0.472 e. The first kappa shape index (κ1) is 10.9. The van der Waals surface area contributed by atoms with E-state index in [1.54, 1.807) is 25.7 Å². The number of rotatable bonds is 7. The number of carbonyl (C=O) groups is 1. The van der Waals surface area contributed by atoms with Gasteiger partial charge in [-0.25, -0.2) is 0 Å². The number of ketones is 1. The second kappa shape index (κ2) is 6.34. The molecule has 0 spiro atoms. The molecule has 0 amide bonds. The summed E-state index contributed by atoms with van der Waals surface area (Å²) in [6.07, 6.45) is 3.59. The number of hydrogen-bond acceptors (Lipinski definition) is 4. The lowest BCUT2D eigenvalue weighted by Gasteiger charge is -2.01. The van der Waals surface area contributed by atoms with Crippen molar-refractivity contribution in [1.82, 2.24) is 5.32 Å². The average molecular weight is 197 g/mol. The van der Waals surface area contributed by atoms with Crippen LogP contribution in [0.1, 0.15) is 5.56 Å². The Bertz CT molecular complexity index is 256. The zero-order valence-electron chi connectivity index (χ0n) is 8.29. The lowest BCUT2D eigenvalue weighted by atomic mass is 10.2. The molecule has 0 unspecified atom stereocenters. The van der Waals surface area contributed by atoms with Crippen LogP contribution in [0, 0.1) is 0 Å². The molecule has 1 heterocycles. The van der Waals surface area contributed by atoms with Crippen LogP contribution in [0.15, 0.2) is 23.0 Å². The summed E-state index contributed by atoms with van der Waals surface area (Å²) in [6.45, 7) is 1.71. The van der Waals surface area contributed by atoms with Gasteiger partial charge < -0.3 is 14.5 Å². The molecule has 1 rings (SSSR count). The minimum Gasteiger partial charge on any atom is -0.472 e. The Kier molecular flexibility index (Phi) is 4.96. The number of methoxy groups -OCH3 is 1. The van der Waals surface area contributed by atoms with Gasteiger partial charge in [0.15, 0.2) is 5.78 Å². The molecule has 1 aromatic rings. The maximum Gasteiger partial charge on any atom is 0.151 e. The van der Waals surface area contributed by atoms with E-state index in [9.17, 15) is 4.79 Å². The monoisotopic (exact) mass is 197 g/mol. The second-order valence-electron chi connectivity index (χ2n) is 3.02. The van der Waals surface area contributed by atoms with Gasteiger partial charge in [-0.05, 0) is 11.6 Å². The van der Waals surface area contributed by atoms with E-state index in [2.05, 4.69) is 5.32 Å². The van der Waals surface area contributed by atoms with E-state index in [4.69, 9.17) is 9.15 Å². The number of carbonyl (C=O) groups excluding carboxylic acids is 1. The van der Waals surface area contributed by atoms with Crippen LogP contribution in [0.5, 0.6) is 0 Å². The van der Waals surface area contributed by atoms with Gasteiger partial charge in [-0.15, -0.1) is 0 Å². The molecule has 0 bridgehead atoms. The van der Waals surface area contributed by atoms with Crippen LogP contribution >= 0.6 is 0 Å². The van der Waals surface area contributed by atoms with Gasteiger partial charge >= 0.3 is 0 Å². The summed E-state index contributed by atoms with van der Waals surface area (Å²) in [6, 6.07) is 1.80. The summed E-state index contributed by atoms with van der Waals surface area (Å²) in [5.74, 6) is 0.155. The second-order valence-corrected chi connectivity index (χ2v) is 3.02. The minimum atomic E-state index is 0.155. The first-order valence-corrected chi connectivity index (χ1v) is 4.55. The van der Waals surface area contributed by atoms with Crippen molar-refractivity contribution in [2.75, 3.05) is 26.8 Å². The Morgan fingerprint density at radius 2 is 2.50 bits per heavy atom. The molecular weight excluding hydrogens is 182 g/mol. The topological polar surface area (TPSA) is 51.5 Å². The lowest BCUT2D eigenvalue weighted by Crippen LogP contribution is -2.27. The zero-order chi connectivity index (χ0) is 10.2. The smallest absolute Gasteiger partial charge is 0.151 e. The molecule has 0 aromatic carbocycles. The van der Waals surface area contributed by atoms with Gasteiger partial charge in [-0.3, -0.25) is 4.79 Å². The molecule has 0 saturated heterocycles. The van der Waals surface area contributed by atoms with E-state index < -0.39 is 0 Å². The highest BCUT2D eigenvalue weighted by atomic mass is 16.5. The molecule has 1 aromatic heterocycles. The summed E-state index contributed by atoms with van der Waals surface area (Å²) < 4.78 is 9.71. The van der Waals surface area contributed by atoms with Crippen LogP contribution in [0.2, 0.25) is 0 Å². The van der Waals surface area contributed by atoms with Crippen LogP contribution < -0.4 is 5.32 Å². The van der Waals surface area contributed by atoms with Crippen LogP contribution in [-0.4, -0.2) is 32.6 Å². The quantitative estimate of drug-likeness (QED) is 0.651. The van der Waals surface area contributed by atoms with Crippen molar-refractivity contribution in [3.63, 3.8) is 0 Å². The van der Waals surface area contributed by atoms with Crippen molar-refractivity contribution in [2.24, 2.45) is 0 Å². The fraction of sp³-hybridized carbons (Fsp3) is 0.500. The Morgan fingerprint density at radius 3 is 3.14 bits per heavy atom. The first-order chi connectivity index (χ1) is 6.83. The number of Topliss-reactive ketones (excluding diaryl/α,β-unsaturated/α-hetero) is 1. The molecule has 14 heavy (non-hydrogen) atoms. The molecule has 78 valence electrons. The Balaban J connectivity index is 2.11. The first-order valence-electron chi connectivity index (χ1n) is 4.55. The van der Waals surface area contributed by atoms with E-state index in [0.717, 1.165) is 5.56 Å². The highest BCUT2D eigenvalue weighted by molar-refractivity contribution is 5.82. The molecule has 0 radical (unpaired) electrons. The van der Waals surface area contributed by atoms with Crippen molar-refractivity contribution < 1.29 is 13.9 Å². The van der Waals surface area contributed by atoms with E-state index in [0.29, 0.717) is 26.1 Å². The molecule has 0 fully saturated rings. The highest BCUT2D eigenvalue weighted by Crippen LogP contribution is 2.00. The van der Waals surface area contributed by atoms with Gasteiger partial charge in [0.1, 0.15) is 0 Å². The summed E-state index contributed by atoms with van der Waals surface area (Å²) in [7, 11) is 1.63. The van der Waals surface area contributed by atoms with Gasteiger partial charge in [0.25, 0.3) is 0 Å². The predicted octanol–water partition coefficient (Wildman–Crippen LogP) is 0.627. The number of hydrogen-bond donors (Lipinski definition) is 1. The van der Waals surface area contributed by atoms with Gasteiger partial charge in [-0.2, -0.15) is 0 Å². The minimum absolute atomic E-state index is 0.155. The Hall–Kier alpha value is -1.13. The Morgan fingerprint density at radius 1 is 1.64 bits per heavy atom. The third kappa shape index (κ3) is 4.20. The third-order valence-corrected chi connectivity index (χ3v) is 1.79. The third-order valence-electron chi connectivity index (χ3n) is 1.79. The maximum atomic E-state index is 11.3. The summed E-state index contributed by atoms with van der Waals surface area (Å²) in [4.78, 5) is 11.3. The van der Waals surface area contributed by atoms with Crippen molar-refractivity contribution in [3.05, 3.63) is 24.2 Å². The maximum absolute atomic E-state index is 11.3. The van der Waals surface area contributed by atoms with Crippen LogP contribution in [-0.2, 0) is 16.0 Å².